The zero-order valence-corrected chi connectivity index (χ0v) is 31.2. The van der Waals surface area contributed by atoms with E-state index < -0.39 is 13.3 Å². The van der Waals surface area contributed by atoms with Gasteiger partial charge in [-0.15, -0.1) is 23.8 Å². The molecule has 0 fully saturated rings. The average Bonchev–Trinajstić information content (AvgIpc) is 3.60. The Balaban J connectivity index is 0.000000181. The van der Waals surface area contributed by atoms with E-state index in [0.717, 1.165) is 50.0 Å². The first-order chi connectivity index (χ1) is 21.3. The minimum absolute atomic E-state index is 0. The smallest absolute Gasteiger partial charge is 0 e. The molecule has 0 bridgehead atoms. The summed E-state index contributed by atoms with van der Waals surface area (Å²) in [6.07, 6.45) is 3.97. The molecule has 0 saturated heterocycles. The van der Waals surface area contributed by atoms with Crippen molar-refractivity contribution >= 4 is 71.1 Å². The summed E-state index contributed by atoms with van der Waals surface area (Å²) in [6.45, 7) is 4.21. The van der Waals surface area contributed by atoms with E-state index in [1.807, 2.05) is 54.1 Å². The molecule has 4 aromatic heterocycles. The fourth-order valence-corrected chi connectivity index (χ4v) is 9.04. The third kappa shape index (κ3) is 6.15. The maximum absolute atomic E-state index is 6.18. The van der Waals surface area contributed by atoms with Gasteiger partial charge < -0.3 is 9.40 Å². The van der Waals surface area contributed by atoms with Gasteiger partial charge in [-0.2, -0.15) is 11.3 Å². The summed E-state index contributed by atoms with van der Waals surface area (Å²) in [5, 5.41) is 4.73. The van der Waals surface area contributed by atoms with Gasteiger partial charge in [0.05, 0.1) is 0 Å². The fourth-order valence-electron chi connectivity index (χ4n) is 5.56. The predicted molar refractivity (Wildman–Crippen MR) is 190 cm³/mol. The van der Waals surface area contributed by atoms with Crippen molar-refractivity contribution in [3.05, 3.63) is 127 Å². The zero-order valence-electron chi connectivity index (χ0n) is 25.9. The molecule has 3 nitrogen and oxygen atoms in total. The van der Waals surface area contributed by atoms with Gasteiger partial charge in [0.1, 0.15) is 11.2 Å². The van der Waals surface area contributed by atoms with Gasteiger partial charge in [0.2, 0.25) is 0 Å². The van der Waals surface area contributed by atoms with Crippen LogP contribution in [0.25, 0.3) is 64.6 Å². The van der Waals surface area contributed by atoms with Crippen LogP contribution in [0.15, 0.2) is 108 Å². The van der Waals surface area contributed by atoms with E-state index in [-0.39, 0.29) is 20.1 Å². The van der Waals surface area contributed by atoms with Crippen molar-refractivity contribution < 1.29 is 24.5 Å². The van der Waals surface area contributed by atoms with Crippen LogP contribution < -0.4 is 4.40 Å². The number of pyridine rings is 2. The fraction of sp³-hybridized carbons (Fsp3) is 0.128. The number of benzene rings is 4. The van der Waals surface area contributed by atoms with Crippen molar-refractivity contribution in [1.82, 2.24) is 9.97 Å². The van der Waals surface area contributed by atoms with Gasteiger partial charge in [0, 0.05) is 41.8 Å². The Labute approximate surface area is 284 Å². The van der Waals surface area contributed by atoms with E-state index in [1.54, 1.807) is 0 Å². The van der Waals surface area contributed by atoms with E-state index in [9.17, 15) is 0 Å². The topological polar surface area (TPSA) is 38.9 Å². The second-order valence-corrected chi connectivity index (χ2v) is 24.0. The monoisotopic (exact) mass is 843 g/mol. The molecule has 0 amide bonds. The Morgan fingerprint density at radius 1 is 0.711 bits per heavy atom. The molecule has 8 aromatic rings. The van der Waals surface area contributed by atoms with E-state index >= 15 is 0 Å². The molecular formula is C39H32GeIrN2OS-2. The van der Waals surface area contributed by atoms with E-state index in [4.69, 9.17) is 9.40 Å². The van der Waals surface area contributed by atoms with Crippen LogP contribution in [-0.4, -0.2) is 23.2 Å². The van der Waals surface area contributed by atoms with Gasteiger partial charge in [-0.25, -0.2) is 0 Å². The number of thiophene rings is 1. The minimum atomic E-state index is -1.72. The van der Waals surface area contributed by atoms with Gasteiger partial charge in [-0.3, -0.25) is 0 Å². The summed E-state index contributed by atoms with van der Waals surface area (Å²) in [5.74, 6) is 7.14. The summed E-state index contributed by atoms with van der Waals surface area (Å²) < 4.78 is 10.2. The molecule has 225 valence electrons. The van der Waals surface area contributed by atoms with Crippen molar-refractivity contribution in [1.29, 1.82) is 0 Å². The first kappa shape index (κ1) is 31.4. The van der Waals surface area contributed by atoms with Gasteiger partial charge in [0.15, 0.2) is 0 Å². The van der Waals surface area contributed by atoms with Crippen LogP contribution in [0, 0.1) is 26.0 Å². The SMILES string of the molecule is Cc1ccc2c(c1)sc1c(-c3cc4oc5c(C)cccc5c4cn3)[c-]ccc12.[CH3][Ge]([CH3])([CH3])[c]1ccc(-c2[c-]cccc2)nc1.[Ir]. The zero-order chi connectivity index (χ0) is 30.4. The van der Waals surface area contributed by atoms with Crippen LogP contribution in [0.2, 0.25) is 17.3 Å². The number of hydrogen-bond donors (Lipinski definition) is 0. The van der Waals surface area contributed by atoms with Gasteiger partial charge in [0.25, 0.3) is 0 Å². The molecule has 1 radical (unpaired) electrons. The Bertz CT molecular complexity index is 2280. The van der Waals surface area contributed by atoms with Crippen LogP contribution in [0.5, 0.6) is 0 Å². The third-order valence-corrected chi connectivity index (χ3v) is 13.5. The van der Waals surface area contributed by atoms with Gasteiger partial charge in [-0.05, 0) is 52.9 Å². The number of aryl methyl sites for hydroxylation is 2. The predicted octanol–water partition coefficient (Wildman–Crippen LogP) is 10.5. The standard InChI is InChI=1S/C25H16NOS.C14H16GeN.Ir/c1-14-9-10-16-18-7-4-8-19(25(18)28-23(16)11-14)21-12-22-20(13-26-21)17-6-3-5-15(2)24(17)27-22;1-15(2,3)13-9-10-14(16-11-13)12-7-5-4-6-8-12;/h3-7,9-13H,1-2H3;4-7,9-11H,1-3H3;/q2*-1;. The van der Waals surface area contributed by atoms with Crippen LogP contribution >= 0.6 is 11.3 Å². The number of furan rings is 1. The summed E-state index contributed by atoms with van der Waals surface area (Å²) in [7, 11) is 0. The van der Waals surface area contributed by atoms with Crippen molar-refractivity contribution in [2.75, 3.05) is 0 Å². The minimum Gasteiger partial charge on any atom is 0 e. The molecule has 8 rings (SSSR count). The normalized spacial score (nSPS) is 11.5. The number of aromatic nitrogens is 2. The molecular weight excluding hydrogens is 809 g/mol. The van der Waals surface area contributed by atoms with Crippen LogP contribution in [0.4, 0.5) is 0 Å². The summed E-state index contributed by atoms with van der Waals surface area (Å²) in [6, 6.07) is 38.0. The summed E-state index contributed by atoms with van der Waals surface area (Å²) in [4.78, 5) is 9.31. The molecule has 0 aliphatic rings. The molecule has 0 aliphatic carbocycles. The first-order valence-corrected chi connectivity index (χ1v) is 23.0. The van der Waals surface area contributed by atoms with Crippen LogP contribution in [0.1, 0.15) is 11.1 Å². The maximum Gasteiger partial charge on any atom is 0 e. The first-order valence-electron chi connectivity index (χ1n) is 14.8. The van der Waals surface area contributed by atoms with Crippen molar-refractivity contribution in [3.8, 4) is 22.5 Å². The third-order valence-electron chi connectivity index (χ3n) is 8.04. The molecule has 0 spiro atoms. The molecule has 0 N–H and O–H groups in total. The molecule has 4 aromatic carbocycles. The largest absolute Gasteiger partial charge is 0 e. The number of rotatable bonds is 3. The van der Waals surface area contributed by atoms with Crippen LogP contribution in [-0.2, 0) is 20.1 Å². The molecule has 0 saturated carbocycles. The van der Waals surface area contributed by atoms with E-state index in [2.05, 4.69) is 109 Å². The summed E-state index contributed by atoms with van der Waals surface area (Å²) >= 11 is 0.0924. The Morgan fingerprint density at radius 2 is 1.56 bits per heavy atom. The van der Waals surface area contributed by atoms with E-state index in [0.29, 0.717) is 0 Å². The number of hydrogen-bond acceptors (Lipinski definition) is 4. The Hall–Kier alpha value is -3.61. The van der Waals surface area contributed by atoms with Crippen molar-refractivity contribution in [3.63, 3.8) is 0 Å². The summed E-state index contributed by atoms with van der Waals surface area (Å²) in [5.41, 5.74) is 8.25. The molecule has 0 unspecified atom stereocenters. The van der Waals surface area contributed by atoms with E-state index in [1.165, 1.54) is 30.1 Å². The molecule has 45 heavy (non-hydrogen) atoms. The Kier molecular flexibility index (Phi) is 8.82. The van der Waals surface area contributed by atoms with Crippen LogP contribution in [0.3, 0.4) is 0 Å². The molecule has 6 heteroatoms. The number of nitrogens with zero attached hydrogens (tertiary/aromatic N) is 2. The maximum atomic E-state index is 6.18. The van der Waals surface area contributed by atoms with Gasteiger partial charge >= 0.3 is 99.8 Å². The number of fused-ring (bicyclic) bond motifs is 6. The van der Waals surface area contributed by atoms with Gasteiger partial charge in [-0.1, -0.05) is 35.7 Å². The second kappa shape index (κ2) is 12.6. The van der Waals surface area contributed by atoms with Crippen molar-refractivity contribution in [2.24, 2.45) is 0 Å². The number of para-hydroxylation sites is 1. The molecule has 0 atom stereocenters. The molecule has 4 heterocycles. The quantitative estimate of drug-likeness (QED) is 0.131. The Morgan fingerprint density at radius 3 is 2.31 bits per heavy atom. The molecule has 0 aliphatic heterocycles. The van der Waals surface area contributed by atoms with Crippen molar-refractivity contribution in [2.45, 2.75) is 31.1 Å². The average molecular weight is 842 g/mol. The second-order valence-electron chi connectivity index (χ2n) is 12.3.